The van der Waals surface area contributed by atoms with Crippen LogP contribution in [0.4, 0.5) is 5.69 Å². The number of carbonyl (C=O) groups is 2. The maximum Gasteiger partial charge on any atom is 0.264 e. The first-order valence-electron chi connectivity index (χ1n) is 11.3. The molecule has 1 unspecified atom stereocenters. The highest BCUT2D eigenvalue weighted by atomic mass is 35.5. The number of nitrogens with one attached hydrogen (secondary N) is 1. The van der Waals surface area contributed by atoms with Crippen molar-refractivity contribution in [3.8, 4) is 0 Å². The van der Waals surface area contributed by atoms with Gasteiger partial charge in [0.05, 0.1) is 10.6 Å². The molecule has 3 aromatic carbocycles. The molecule has 1 N–H and O–H groups in total. The number of anilines is 1. The second-order valence-electron chi connectivity index (χ2n) is 7.98. The maximum absolute atomic E-state index is 13.7. The number of likely N-dealkylation sites (N-methyl/N-ethyl adjacent to an activating group) is 1. The Labute approximate surface area is 221 Å². The average Bonchev–Trinajstić information content (AvgIpc) is 2.87. The Balaban J connectivity index is 2.01. The van der Waals surface area contributed by atoms with Gasteiger partial charge < -0.3 is 10.2 Å². The quantitative estimate of drug-likeness (QED) is 0.397. The van der Waals surface area contributed by atoms with Gasteiger partial charge in [-0.25, -0.2) is 8.42 Å². The molecule has 0 aliphatic heterocycles. The number of hydrogen-bond acceptors (Lipinski definition) is 4. The molecule has 0 saturated heterocycles. The van der Waals surface area contributed by atoms with Crippen LogP contribution in [-0.4, -0.2) is 44.3 Å². The van der Waals surface area contributed by atoms with E-state index in [4.69, 9.17) is 23.2 Å². The molecule has 0 aliphatic carbocycles. The summed E-state index contributed by atoms with van der Waals surface area (Å²) in [6.45, 7) is 3.27. The van der Waals surface area contributed by atoms with E-state index in [0.717, 1.165) is 4.31 Å². The Morgan fingerprint density at radius 3 is 2.14 bits per heavy atom. The zero-order valence-corrected chi connectivity index (χ0v) is 22.2. The average molecular weight is 548 g/mol. The number of halogens is 2. The van der Waals surface area contributed by atoms with Crippen LogP contribution in [0.1, 0.15) is 19.4 Å². The predicted octanol–water partition coefficient (Wildman–Crippen LogP) is 4.74. The molecule has 0 fully saturated rings. The van der Waals surface area contributed by atoms with Gasteiger partial charge in [0.1, 0.15) is 12.6 Å². The van der Waals surface area contributed by atoms with Crippen molar-refractivity contribution in [2.75, 3.05) is 17.4 Å². The second kappa shape index (κ2) is 12.3. The monoisotopic (exact) mass is 547 g/mol. The van der Waals surface area contributed by atoms with Crippen molar-refractivity contribution < 1.29 is 18.0 Å². The van der Waals surface area contributed by atoms with Gasteiger partial charge in [-0.3, -0.25) is 13.9 Å². The molecule has 1 atom stereocenters. The Hall–Kier alpha value is -3.07. The number of hydrogen-bond donors (Lipinski definition) is 1. The van der Waals surface area contributed by atoms with Gasteiger partial charge in [0, 0.05) is 23.1 Å². The highest BCUT2D eigenvalue weighted by Gasteiger charge is 2.32. The minimum atomic E-state index is -4.14. The highest BCUT2D eigenvalue weighted by Crippen LogP contribution is 2.26. The third kappa shape index (κ3) is 6.57. The van der Waals surface area contributed by atoms with Crippen molar-refractivity contribution in [1.29, 1.82) is 0 Å². The Morgan fingerprint density at radius 1 is 0.917 bits per heavy atom. The summed E-state index contributed by atoms with van der Waals surface area (Å²) in [4.78, 5) is 27.7. The van der Waals surface area contributed by atoms with Crippen LogP contribution in [0.15, 0.2) is 83.8 Å². The fourth-order valence-electron chi connectivity index (χ4n) is 3.57. The fraction of sp³-hybridized carbons (Fsp3) is 0.231. The summed E-state index contributed by atoms with van der Waals surface area (Å²) in [6.07, 6.45) is 0. The molecule has 0 radical (unpaired) electrons. The first-order chi connectivity index (χ1) is 17.1. The zero-order chi connectivity index (χ0) is 26.3. The van der Waals surface area contributed by atoms with Crippen molar-refractivity contribution in [2.45, 2.75) is 31.3 Å². The normalized spacial score (nSPS) is 12.0. The van der Waals surface area contributed by atoms with Gasteiger partial charge in [-0.15, -0.1) is 0 Å². The van der Waals surface area contributed by atoms with Gasteiger partial charge in [-0.1, -0.05) is 59.6 Å². The minimum absolute atomic E-state index is 0.0158. The van der Waals surface area contributed by atoms with E-state index < -0.39 is 28.5 Å². The SMILES string of the molecule is CCNC(=O)C(C)N(Cc1ccccc1Cl)C(=O)CN(c1ccccc1)S(=O)(=O)c1ccc(Cl)cc1. The molecule has 0 aliphatic rings. The predicted molar refractivity (Wildman–Crippen MR) is 143 cm³/mol. The number of para-hydroxylation sites is 1. The molecule has 36 heavy (non-hydrogen) atoms. The fourth-order valence-corrected chi connectivity index (χ4v) is 5.31. The Bertz CT molecular complexity index is 1300. The summed E-state index contributed by atoms with van der Waals surface area (Å²) in [5.41, 5.74) is 0.944. The van der Waals surface area contributed by atoms with Gasteiger partial charge in [0.2, 0.25) is 11.8 Å². The Kier molecular flexibility index (Phi) is 9.37. The third-order valence-corrected chi connectivity index (χ3v) is 7.95. The molecule has 2 amide bonds. The molecule has 7 nitrogen and oxygen atoms in total. The zero-order valence-electron chi connectivity index (χ0n) is 19.9. The number of carbonyl (C=O) groups excluding carboxylic acids is 2. The largest absolute Gasteiger partial charge is 0.355 e. The van der Waals surface area contributed by atoms with Gasteiger partial charge in [-0.05, 0) is 61.9 Å². The van der Waals surface area contributed by atoms with Crippen molar-refractivity contribution >= 4 is 50.7 Å². The van der Waals surface area contributed by atoms with E-state index in [-0.39, 0.29) is 17.3 Å². The second-order valence-corrected chi connectivity index (χ2v) is 10.7. The number of benzene rings is 3. The van der Waals surface area contributed by atoms with Gasteiger partial charge in [0.15, 0.2) is 0 Å². The summed E-state index contributed by atoms with van der Waals surface area (Å²) in [6, 6.07) is 20.2. The van der Waals surface area contributed by atoms with Crippen LogP contribution in [0, 0.1) is 0 Å². The molecular formula is C26H27Cl2N3O4S. The van der Waals surface area contributed by atoms with E-state index in [1.165, 1.54) is 29.2 Å². The number of nitrogens with zero attached hydrogens (tertiary/aromatic N) is 2. The third-order valence-electron chi connectivity index (χ3n) is 5.54. The minimum Gasteiger partial charge on any atom is -0.355 e. The molecule has 0 aromatic heterocycles. The van der Waals surface area contributed by atoms with Crippen LogP contribution < -0.4 is 9.62 Å². The lowest BCUT2D eigenvalue weighted by Crippen LogP contribution is -2.51. The first-order valence-corrected chi connectivity index (χ1v) is 13.5. The molecule has 3 aromatic rings. The van der Waals surface area contributed by atoms with Crippen LogP contribution in [-0.2, 0) is 26.2 Å². The lowest BCUT2D eigenvalue weighted by Gasteiger charge is -2.32. The van der Waals surface area contributed by atoms with E-state index >= 15 is 0 Å². The van der Waals surface area contributed by atoms with Crippen molar-refractivity contribution in [3.05, 3.63) is 94.5 Å². The topological polar surface area (TPSA) is 86.8 Å². The summed E-state index contributed by atoms with van der Waals surface area (Å²) < 4.78 is 28.3. The van der Waals surface area contributed by atoms with Crippen LogP contribution in [0.3, 0.4) is 0 Å². The molecular weight excluding hydrogens is 521 g/mol. The first kappa shape index (κ1) is 27.5. The van der Waals surface area contributed by atoms with Crippen molar-refractivity contribution in [1.82, 2.24) is 10.2 Å². The van der Waals surface area contributed by atoms with Gasteiger partial charge >= 0.3 is 0 Å². The molecule has 3 rings (SSSR count). The van der Waals surface area contributed by atoms with Gasteiger partial charge in [-0.2, -0.15) is 0 Å². The summed E-state index contributed by atoms with van der Waals surface area (Å²) in [7, 11) is -4.14. The molecule has 0 spiro atoms. The van der Waals surface area contributed by atoms with Crippen molar-refractivity contribution in [3.63, 3.8) is 0 Å². The number of amides is 2. The lowest BCUT2D eigenvalue weighted by molar-refractivity contribution is -0.139. The smallest absolute Gasteiger partial charge is 0.264 e. The van der Waals surface area contributed by atoms with Crippen LogP contribution in [0.25, 0.3) is 0 Å². The van der Waals surface area contributed by atoms with E-state index in [1.54, 1.807) is 68.4 Å². The number of sulfonamides is 1. The van der Waals surface area contributed by atoms with Crippen LogP contribution in [0.5, 0.6) is 0 Å². The maximum atomic E-state index is 13.7. The molecule has 10 heteroatoms. The van der Waals surface area contributed by atoms with Crippen LogP contribution >= 0.6 is 23.2 Å². The number of rotatable bonds is 10. The molecule has 190 valence electrons. The highest BCUT2D eigenvalue weighted by molar-refractivity contribution is 7.92. The van der Waals surface area contributed by atoms with E-state index in [0.29, 0.717) is 27.8 Å². The standard InChI is InChI=1S/C26H27Cl2N3O4S/c1-3-29-26(33)19(2)30(17-20-9-7-8-12-24(20)28)25(32)18-31(22-10-5-4-6-11-22)36(34,35)23-15-13-21(27)14-16-23/h4-16,19H,3,17-18H2,1-2H3,(H,29,33). The van der Waals surface area contributed by atoms with Gasteiger partial charge in [0.25, 0.3) is 10.0 Å². The van der Waals surface area contributed by atoms with Crippen LogP contribution in [0.2, 0.25) is 10.0 Å². The molecule has 0 bridgehead atoms. The summed E-state index contributed by atoms with van der Waals surface area (Å²) in [5.74, 6) is -0.917. The summed E-state index contributed by atoms with van der Waals surface area (Å²) >= 11 is 12.3. The van der Waals surface area contributed by atoms with Crippen molar-refractivity contribution in [2.24, 2.45) is 0 Å². The van der Waals surface area contributed by atoms with E-state index in [9.17, 15) is 18.0 Å². The van der Waals surface area contributed by atoms with E-state index in [2.05, 4.69) is 5.32 Å². The Morgan fingerprint density at radius 2 is 1.53 bits per heavy atom. The summed E-state index contributed by atoms with van der Waals surface area (Å²) in [5, 5.41) is 3.54. The lowest BCUT2D eigenvalue weighted by atomic mass is 10.1. The molecule has 0 saturated carbocycles. The van der Waals surface area contributed by atoms with E-state index in [1.807, 2.05) is 0 Å². The molecule has 0 heterocycles.